The Morgan fingerprint density at radius 1 is 0.613 bits per heavy atom. The first-order valence-corrected chi connectivity index (χ1v) is 10.9. The first kappa shape index (κ1) is 20.8. The van der Waals surface area contributed by atoms with Crippen molar-refractivity contribution in [3.8, 4) is 0 Å². The van der Waals surface area contributed by atoms with E-state index >= 15 is 0 Å². The molecule has 0 bridgehead atoms. The van der Waals surface area contributed by atoms with Crippen LogP contribution in [0.1, 0.15) is 35.2 Å². The van der Waals surface area contributed by atoms with E-state index in [2.05, 4.69) is 102 Å². The molecule has 4 aromatic carbocycles. The van der Waals surface area contributed by atoms with E-state index in [-0.39, 0.29) is 6.04 Å². The van der Waals surface area contributed by atoms with Gasteiger partial charge in [-0.05, 0) is 41.4 Å². The van der Waals surface area contributed by atoms with Crippen LogP contribution in [-0.4, -0.2) is 5.11 Å². The summed E-state index contributed by atoms with van der Waals surface area (Å²) in [6, 6.07) is 41.9. The number of hydrogen-bond donors (Lipinski definition) is 2. The van der Waals surface area contributed by atoms with Crippen molar-refractivity contribution >= 4 is 17.3 Å². The molecule has 0 aromatic heterocycles. The van der Waals surface area contributed by atoms with E-state index in [1.165, 1.54) is 5.56 Å². The summed E-state index contributed by atoms with van der Waals surface area (Å²) in [5, 5.41) is 7.79. The quantitative estimate of drug-likeness (QED) is 0.286. The summed E-state index contributed by atoms with van der Waals surface area (Å²) in [6.07, 6.45) is 0. The Labute approximate surface area is 190 Å². The fourth-order valence-corrected chi connectivity index (χ4v) is 4.34. The summed E-state index contributed by atoms with van der Waals surface area (Å²) in [7, 11) is 0. The lowest BCUT2D eigenvalue weighted by atomic mass is 9.77. The molecule has 3 heteroatoms. The minimum Gasteiger partial charge on any atom is -0.356 e. The van der Waals surface area contributed by atoms with E-state index < -0.39 is 5.54 Å². The lowest BCUT2D eigenvalue weighted by Crippen LogP contribution is -2.51. The van der Waals surface area contributed by atoms with Gasteiger partial charge >= 0.3 is 0 Å². The Morgan fingerprint density at radius 2 is 0.968 bits per heavy atom. The molecule has 0 heterocycles. The first-order valence-electron chi connectivity index (χ1n) is 10.5. The summed E-state index contributed by atoms with van der Waals surface area (Å²) < 4.78 is 0. The molecule has 154 valence electrons. The highest BCUT2D eigenvalue weighted by molar-refractivity contribution is 7.80. The van der Waals surface area contributed by atoms with Gasteiger partial charge in [0.1, 0.15) is 5.54 Å². The van der Waals surface area contributed by atoms with Gasteiger partial charge in [-0.25, -0.2) is 0 Å². The topological polar surface area (TPSA) is 24.1 Å². The van der Waals surface area contributed by atoms with Gasteiger partial charge in [0.15, 0.2) is 5.11 Å². The molecule has 0 amide bonds. The molecule has 0 saturated carbocycles. The predicted molar refractivity (Wildman–Crippen MR) is 133 cm³/mol. The highest BCUT2D eigenvalue weighted by atomic mass is 32.1. The molecule has 2 N–H and O–H groups in total. The summed E-state index contributed by atoms with van der Waals surface area (Å²) in [4.78, 5) is 0. The van der Waals surface area contributed by atoms with Gasteiger partial charge in [-0.1, -0.05) is 121 Å². The lowest BCUT2D eigenvalue weighted by molar-refractivity contribution is 0.557. The molecular weight excluding hydrogens is 396 g/mol. The van der Waals surface area contributed by atoms with E-state index in [4.69, 9.17) is 12.2 Å². The number of hydrogen-bond acceptors (Lipinski definition) is 1. The third-order valence-electron chi connectivity index (χ3n) is 5.57. The van der Waals surface area contributed by atoms with Crippen LogP contribution in [0.25, 0.3) is 0 Å². The fraction of sp³-hybridized carbons (Fsp3) is 0.107. The number of thiocarbonyl (C=S) groups is 1. The second-order valence-electron chi connectivity index (χ2n) is 7.58. The average molecular weight is 423 g/mol. The number of nitrogens with one attached hydrogen (secondary N) is 2. The summed E-state index contributed by atoms with van der Waals surface area (Å²) in [6.45, 7) is 2.12. The van der Waals surface area contributed by atoms with Crippen LogP contribution >= 0.6 is 12.2 Å². The molecule has 0 unspecified atom stereocenters. The average Bonchev–Trinajstić information content (AvgIpc) is 2.85. The van der Waals surface area contributed by atoms with Crippen molar-refractivity contribution in [1.82, 2.24) is 10.6 Å². The minimum absolute atomic E-state index is 0.0845. The number of benzene rings is 4. The molecule has 31 heavy (non-hydrogen) atoms. The largest absolute Gasteiger partial charge is 0.356 e. The first-order chi connectivity index (χ1) is 15.2. The molecule has 0 radical (unpaired) electrons. The van der Waals surface area contributed by atoms with Gasteiger partial charge in [-0.3, -0.25) is 0 Å². The normalized spacial score (nSPS) is 12.0. The molecule has 4 aromatic rings. The molecule has 0 fully saturated rings. The molecule has 0 aliphatic carbocycles. The Morgan fingerprint density at radius 3 is 1.35 bits per heavy atom. The van der Waals surface area contributed by atoms with Crippen molar-refractivity contribution < 1.29 is 0 Å². The highest BCUT2D eigenvalue weighted by Gasteiger charge is 2.37. The Hall–Kier alpha value is -3.43. The van der Waals surface area contributed by atoms with Crippen LogP contribution in [0.3, 0.4) is 0 Å². The number of rotatable bonds is 6. The predicted octanol–water partition coefficient (Wildman–Crippen LogP) is 6.20. The summed E-state index contributed by atoms with van der Waals surface area (Å²) >= 11 is 5.86. The molecule has 4 rings (SSSR count). The molecule has 0 aliphatic rings. The highest BCUT2D eigenvalue weighted by Crippen LogP contribution is 2.36. The molecule has 0 saturated heterocycles. The van der Waals surface area contributed by atoms with Crippen molar-refractivity contribution in [2.45, 2.75) is 18.5 Å². The molecule has 2 nitrogen and oxygen atoms in total. The zero-order valence-corrected chi connectivity index (χ0v) is 18.3. The van der Waals surface area contributed by atoms with Crippen LogP contribution in [-0.2, 0) is 5.54 Å². The Bertz CT molecular complexity index is 1000. The molecule has 0 aliphatic heterocycles. The third-order valence-corrected chi connectivity index (χ3v) is 5.79. The van der Waals surface area contributed by atoms with Gasteiger partial charge in [-0.15, -0.1) is 0 Å². The van der Waals surface area contributed by atoms with Crippen LogP contribution in [0.4, 0.5) is 0 Å². The van der Waals surface area contributed by atoms with Crippen LogP contribution in [0.2, 0.25) is 0 Å². The lowest BCUT2D eigenvalue weighted by Gasteiger charge is -2.38. The van der Waals surface area contributed by atoms with Crippen molar-refractivity contribution in [2.24, 2.45) is 0 Å². The van der Waals surface area contributed by atoms with Gasteiger partial charge in [0.2, 0.25) is 0 Å². The van der Waals surface area contributed by atoms with E-state index in [1.54, 1.807) is 0 Å². The molecule has 1 atom stereocenters. The summed E-state index contributed by atoms with van der Waals surface area (Å²) in [5.74, 6) is 0. The van der Waals surface area contributed by atoms with E-state index in [0.717, 1.165) is 16.7 Å². The van der Waals surface area contributed by atoms with Crippen LogP contribution in [0, 0.1) is 0 Å². The Balaban J connectivity index is 1.78. The monoisotopic (exact) mass is 422 g/mol. The smallest absolute Gasteiger partial charge is 0.168 e. The van der Waals surface area contributed by atoms with E-state index in [9.17, 15) is 0 Å². The molecule has 0 spiro atoms. The van der Waals surface area contributed by atoms with Crippen LogP contribution in [0.15, 0.2) is 121 Å². The second-order valence-corrected chi connectivity index (χ2v) is 7.99. The molecular formula is C28H26N2S. The van der Waals surface area contributed by atoms with Crippen molar-refractivity contribution in [3.63, 3.8) is 0 Å². The van der Waals surface area contributed by atoms with Gasteiger partial charge in [0.25, 0.3) is 0 Å². The zero-order valence-electron chi connectivity index (χ0n) is 17.5. The Kier molecular flexibility index (Phi) is 6.44. The second kappa shape index (κ2) is 9.59. The van der Waals surface area contributed by atoms with Crippen molar-refractivity contribution in [2.75, 3.05) is 0 Å². The van der Waals surface area contributed by atoms with Gasteiger partial charge in [0, 0.05) is 0 Å². The van der Waals surface area contributed by atoms with Gasteiger partial charge in [0.05, 0.1) is 6.04 Å². The van der Waals surface area contributed by atoms with E-state index in [0.29, 0.717) is 5.11 Å². The van der Waals surface area contributed by atoms with Crippen LogP contribution < -0.4 is 10.6 Å². The SMILES string of the molecule is C[C@@H](NC(=S)NC(c1ccccc1)(c1ccccc1)c1ccccc1)c1ccccc1. The summed E-state index contributed by atoms with van der Waals surface area (Å²) in [5.41, 5.74) is 3.96. The van der Waals surface area contributed by atoms with Crippen LogP contribution in [0.5, 0.6) is 0 Å². The maximum atomic E-state index is 5.86. The third kappa shape index (κ3) is 4.52. The fourth-order valence-electron chi connectivity index (χ4n) is 4.01. The zero-order chi connectivity index (χ0) is 21.5. The van der Waals surface area contributed by atoms with E-state index in [1.807, 2.05) is 36.4 Å². The van der Waals surface area contributed by atoms with Crippen molar-refractivity contribution in [3.05, 3.63) is 144 Å². The van der Waals surface area contributed by atoms with Crippen molar-refractivity contribution in [1.29, 1.82) is 0 Å². The van der Waals surface area contributed by atoms with Gasteiger partial charge < -0.3 is 10.6 Å². The minimum atomic E-state index is -0.621. The maximum Gasteiger partial charge on any atom is 0.168 e. The standard InChI is InChI=1S/C28H26N2S/c1-22(23-14-6-2-7-15-23)29-27(31)30-28(24-16-8-3-9-17-24,25-18-10-4-11-19-25)26-20-12-5-13-21-26/h2-22H,1H3,(H2,29,30,31)/t22-/m1/s1. The maximum absolute atomic E-state index is 5.86. The van der Waals surface area contributed by atoms with Gasteiger partial charge in [-0.2, -0.15) is 0 Å².